The van der Waals surface area contributed by atoms with Crippen molar-refractivity contribution in [3.63, 3.8) is 0 Å². The lowest BCUT2D eigenvalue weighted by atomic mass is 10.1. The van der Waals surface area contributed by atoms with Gasteiger partial charge in [0.05, 0.1) is 10.4 Å². The van der Waals surface area contributed by atoms with E-state index in [2.05, 4.69) is 5.32 Å². The van der Waals surface area contributed by atoms with E-state index in [0.29, 0.717) is 10.4 Å². The van der Waals surface area contributed by atoms with Crippen LogP contribution in [-0.4, -0.2) is 5.91 Å². The molecule has 106 valence electrons. The number of thiophene rings is 1. The average Bonchev–Trinajstić information content (AvgIpc) is 2.82. The Hall–Kier alpha value is -1.82. The highest BCUT2D eigenvalue weighted by Gasteiger charge is 2.29. The van der Waals surface area contributed by atoms with Gasteiger partial charge in [-0.15, -0.1) is 11.3 Å². The van der Waals surface area contributed by atoms with Crippen LogP contribution in [0.25, 0.3) is 0 Å². The van der Waals surface area contributed by atoms with E-state index < -0.39 is 11.7 Å². The number of nitrogens with one attached hydrogen (secondary N) is 1. The first-order valence-corrected chi connectivity index (χ1v) is 6.74. The van der Waals surface area contributed by atoms with Crippen molar-refractivity contribution in [2.75, 3.05) is 0 Å². The molecule has 0 atom stereocenters. The summed E-state index contributed by atoms with van der Waals surface area (Å²) in [4.78, 5) is 12.5. The lowest BCUT2D eigenvalue weighted by molar-refractivity contribution is -0.137. The minimum Gasteiger partial charge on any atom is -0.347 e. The number of amides is 1. The number of rotatable bonds is 3. The van der Waals surface area contributed by atoms with Gasteiger partial charge in [0.25, 0.3) is 5.91 Å². The third kappa shape index (κ3) is 3.39. The summed E-state index contributed by atoms with van der Waals surface area (Å²) in [6, 6.07) is 6.60. The lowest BCUT2D eigenvalue weighted by Gasteiger charge is -2.08. The predicted molar refractivity (Wildman–Crippen MR) is 71.7 cm³/mol. The maximum absolute atomic E-state index is 12.4. The molecule has 0 bridgehead atoms. The van der Waals surface area contributed by atoms with Crippen LogP contribution in [0.4, 0.5) is 13.2 Å². The van der Waals surface area contributed by atoms with E-state index in [4.69, 9.17) is 0 Å². The molecule has 1 amide bonds. The van der Waals surface area contributed by atoms with Gasteiger partial charge in [-0.2, -0.15) is 13.2 Å². The zero-order valence-electron chi connectivity index (χ0n) is 10.6. The summed E-state index contributed by atoms with van der Waals surface area (Å²) < 4.78 is 37.2. The monoisotopic (exact) mass is 299 g/mol. The molecule has 6 heteroatoms. The second-order valence-corrected chi connectivity index (χ2v) is 5.23. The van der Waals surface area contributed by atoms with Gasteiger partial charge in [-0.05, 0) is 41.6 Å². The minimum atomic E-state index is -4.34. The smallest absolute Gasteiger partial charge is 0.347 e. The highest BCUT2D eigenvalue weighted by molar-refractivity contribution is 7.12. The summed E-state index contributed by atoms with van der Waals surface area (Å²) in [6.07, 6.45) is -4.34. The standard InChI is InChI=1S/C14H12F3NOS/c1-9-6-7-20-12(9)13(19)18-8-10-2-4-11(5-3-10)14(15,16)17/h2-7H,8H2,1H3,(H,18,19). The van der Waals surface area contributed by atoms with Crippen molar-refractivity contribution in [2.45, 2.75) is 19.6 Å². The van der Waals surface area contributed by atoms with E-state index in [0.717, 1.165) is 17.7 Å². The highest BCUT2D eigenvalue weighted by Crippen LogP contribution is 2.29. The van der Waals surface area contributed by atoms with Crippen molar-refractivity contribution in [1.29, 1.82) is 0 Å². The fraction of sp³-hybridized carbons (Fsp3) is 0.214. The van der Waals surface area contributed by atoms with Gasteiger partial charge >= 0.3 is 6.18 Å². The first-order valence-electron chi connectivity index (χ1n) is 5.86. The number of carbonyl (C=O) groups is 1. The topological polar surface area (TPSA) is 29.1 Å². The van der Waals surface area contributed by atoms with Gasteiger partial charge in [-0.3, -0.25) is 4.79 Å². The van der Waals surface area contributed by atoms with Crippen molar-refractivity contribution < 1.29 is 18.0 Å². The van der Waals surface area contributed by atoms with Crippen molar-refractivity contribution in [3.8, 4) is 0 Å². The van der Waals surface area contributed by atoms with Crippen molar-refractivity contribution >= 4 is 17.2 Å². The molecule has 1 N–H and O–H groups in total. The molecule has 0 unspecified atom stereocenters. The molecule has 2 aromatic rings. The lowest BCUT2D eigenvalue weighted by Crippen LogP contribution is -2.22. The number of aryl methyl sites for hydroxylation is 1. The Kier molecular flexibility index (Phi) is 4.13. The van der Waals surface area contributed by atoms with Crippen LogP contribution in [0, 0.1) is 6.92 Å². The number of carbonyl (C=O) groups excluding carboxylic acids is 1. The summed E-state index contributed by atoms with van der Waals surface area (Å²) in [5.41, 5.74) is 0.821. The van der Waals surface area contributed by atoms with Crippen molar-refractivity contribution in [2.24, 2.45) is 0 Å². The van der Waals surface area contributed by atoms with Gasteiger partial charge in [-0.1, -0.05) is 12.1 Å². The molecule has 2 rings (SSSR count). The molecule has 0 spiro atoms. The van der Waals surface area contributed by atoms with Crippen molar-refractivity contribution in [3.05, 3.63) is 57.3 Å². The van der Waals surface area contributed by atoms with Crippen LogP contribution in [-0.2, 0) is 12.7 Å². The molecule has 1 aromatic heterocycles. The molecular formula is C14H12F3NOS. The molecule has 1 aromatic carbocycles. The van der Waals surface area contributed by atoms with Crippen LogP contribution in [0.1, 0.15) is 26.4 Å². The summed E-state index contributed by atoms with van der Waals surface area (Å²) in [7, 11) is 0. The normalized spacial score (nSPS) is 11.4. The van der Waals surface area contributed by atoms with Crippen LogP contribution in [0.3, 0.4) is 0 Å². The van der Waals surface area contributed by atoms with Crippen molar-refractivity contribution in [1.82, 2.24) is 5.32 Å². The first kappa shape index (κ1) is 14.6. The second kappa shape index (κ2) is 5.66. The molecule has 0 aliphatic heterocycles. The molecule has 0 aliphatic carbocycles. The highest BCUT2D eigenvalue weighted by atomic mass is 32.1. The van der Waals surface area contributed by atoms with Gasteiger partial charge in [0.15, 0.2) is 0 Å². The molecule has 0 saturated carbocycles. The third-order valence-corrected chi connectivity index (χ3v) is 3.82. The van der Waals surface area contributed by atoms with Crippen LogP contribution in [0.5, 0.6) is 0 Å². The summed E-state index contributed by atoms with van der Waals surface area (Å²) >= 11 is 1.34. The van der Waals surface area contributed by atoms with Gasteiger partial charge in [-0.25, -0.2) is 0 Å². The average molecular weight is 299 g/mol. The Morgan fingerprint density at radius 2 is 1.85 bits per heavy atom. The Morgan fingerprint density at radius 3 is 2.35 bits per heavy atom. The quantitative estimate of drug-likeness (QED) is 0.911. The SMILES string of the molecule is Cc1ccsc1C(=O)NCc1ccc(C(F)(F)F)cc1. The summed E-state index contributed by atoms with van der Waals surface area (Å²) in [6.45, 7) is 2.04. The fourth-order valence-electron chi connectivity index (χ4n) is 1.68. The zero-order valence-corrected chi connectivity index (χ0v) is 11.4. The van der Waals surface area contributed by atoms with E-state index >= 15 is 0 Å². The van der Waals surface area contributed by atoms with Crippen LogP contribution >= 0.6 is 11.3 Å². The largest absolute Gasteiger partial charge is 0.416 e. The van der Waals surface area contributed by atoms with E-state index in [-0.39, 0.29) is 12.5 Å². The first-order chi connectivity index (χ1) is 9.38. The third-order valence-electron chi connectivity index (χ3n) is 2.80. The zero-order chi connectivity index (χ0) is 14.8. The molecule has 20 heavy (non-hydrogen) atoms. The molecule has 0 fully saturated rings. The number of hydrogen-bond acceptors (Lipinski definition) is 2. The van der Waals surface area contributed by atoms with Gasteiger partial charge in [0.2, 0.25) is 0 Å². The molecule has 0 aliphatic rings. The van der Waals surface area contributed by atoms with Gasteiger partial charge in [0.1, 0.15) is 0 Å². The maximum atomic E-state index is 12.4. The molecular weight excluding hydrogens is 287 g/mol. The Morgan fingerprint density at radius 1 is 1.20 bits per heavy atom. The molecule has 1 heterocycles. The number of alkyl halides is 3. The summed E-state index contributed by atoms with van der Waals surface area (Å²) in [5, 5.41) is 4.51. The number of benzene rings is 1. The molecule has 0 radical (unpaired) electrons. The Balaban J connectivity index is 1.98. The van der Waals surface area contributed by atoms with E-state index in [1.807, 2.05) is 18.4 Å². The Bertz CT molecular complexity index is 602. The van der Waals surface area contributed by atoms with Crippen LogP contribution in [0.2, 0.25) is 0 Å². The maximum Gasteiger partial charge on any atom is 0.416 e. The van der Waals surface area contributed by atoms with Gasteiger partial charge in [0, 0.05) is 6.54 Å². The van der Waals surface area contributed by atoms with Crippen LogP contribution < -0.4 is 5.32 Å². The van der Waals surface area contributed by atoms with Crippen LogP contribution in [0.15, 0.2) is 35.7 Å². The Labute approximate surface area is 118 Å². The number of halogens is 3. The second-order valence-electron chi connectivity index (χ2n) is 4.31. The summed E-state index contributed by atoms with van der Waals surface area (Å²) in [5.74, 6) is -0.211. The molecule has 2 nitrogen and oxygen atoms in total. The van der Waals surface area contributed by atoms with E-state index in [9.17, 15) is 18.0 Å². The predicted octanol–water partition coefficient (Wildman–Crippen LogP) is 4.01. The molecule has 0 saturated heterocycles. The minimum absolute atomic E-state index is 0.203. The number of hydrogen-bond donors (Lipinski definition) is 1. The van der Waals surface area contributed by atoms with E-state index in [1.54, 1.807) is 0 Å². The fourth-order valence-corrected chi connectivity index (χ4v) is 2.52. The van der Waals surface area contributed by atoms with Gasteiger partial charge < -0.3 is 5.32 Å². The van der Waals surface area contributed by atoms with E-state index in [1.165, 1.54) is 23.5 Å².